The zero-order valence-electron chi connectivity index (χ0n) is 10.9. The fourth-order valence-corrected chi connectivity index (χ4v) is 3.00. The van der Waals surface area contributed by atoms with E-state index in [1.165, 1.54) is 34.6 Å². The molecule has 0 unspecified atom stereocenters. The van der Waals surface area contributed by atoms with Gasteiger partial charge in [-0.15, -0.1) is 11.3 Å². The molecule has 0 spiro atoms. The lowest BCUT2D eigenvalue weighted by atomic mass is 10.2. The van der Waals surface area contributed by atoms with Crippen LogP contribution in [0.5, 0.6) is 0 Å². The number of rotatable bonds is 6. The highest BCUT2D eigenvalue weighted by molar-refractivity contribution is 7.15. The smallest absolute Gasteiger partial charge is 0.0345 e. The Morgan fingerprint density at radius 3 is 2.61 bits per heavy atom. The fraction of sp³-hybridized carbons (Fsp3) is 0.294. The first kappa shape index (κ1) is 13.1. The van der Waals surface area contributed by atoms with Gasteiger partial charge in [0.25, 0.3) is 0 Å². The lowest BCUT2D eigenvalue weighted by molar-refractivity contribution is 0.852. The van der Waals surface area contributed by atoms with Gasteiger partial charge in [0.2, 0.25) is 0 Å². The van der Waals surface area contributed by atoms with Crippen molar-refractivity contribution in [3.05, 3.63) is 59.5 Å². The Morgan fingerprint density at radius 2 is 1.83 bits per heavy atom. The standard InChI is InChI=1S/C17H20S/c1-2-3-4-5-9-12-16-13-14-17(18-16)15-10-7-6-8-11-15/h3-4,6-8,10-11,13-14H,2,5,9,12H2,1H3. The van der Waals surface area contributed by atoms with E-state index in [2.05, 4.69) is 61.5 Å². The molecule has 0 aliphatic rings. The lowest BCUT2D eigenvalue weighted by Crippen LogP contribution is -1.78. The second-order valence-electron chi connectivity index (χ2n) is 4.40. The fourth-order valence-electron chi connectivity index (χ4n) is 1.95. The zero-order chi connectivity index (χ0) is 12.6. The van der Waals surface area contributed by atoms with Crippen LogP contribution in [0.3, 0.4) is 0 Å². The van der Waals surface area contributed by atoms with E-state index in [-0.39, 0.29) is 0 Å². The molecule has 2 aromatic rings. The molecule has 0 aliphatic heterocycles. The first-order valence-electron chi connectivity index (χ1n) is 6.69. The van der Waals surface area contributed by atoms with Crippen LogP contribution in [0.2, 0.25) is 0 Å². The van der Waals surface area contributed by atoms with E-state index in [0.29, 0.717) is 0 Å². The Bertz CT molecular complexity index is 479. The molecule has 0 bridgehead atoms. The van der Waals surface area contributed by atoms with Gasteiger partial charge in [0, 0.05) is 9.75 Å². The molecular weight excluding hydrogens is 236 g/mol. The predicted molar refractivity (Wildman–Crippen MR) is 82.1 cm³/mol. The predicted octanol–water partition coefficient (Wildman–Crippen LogP) is 5.70. The van der Waals surface area contributed by atoms with Crippen LogP contribution in [0.1, 0.15) is 31.1 Å². The van der Waals surface area contributed by atoms with Gasteiger partial charge in [0.05, 0.1) is 0 Å². The largest absolute Gasteiger partial charge is 0.140 e. The number of thiophene rings is 1. The first-order valence-corrected chi connectivity index (χ1v) is 7.51. The van der Waals surface area contributed by atoms with Crippen molar-refractivity contribution in [2.45, 2.75) is 32.6 Å². The minimum Gasteiger partial charge on any atom is -0.140 e. The molecule has 18 heavy (non-hydrogen) atoms. The normalized spacial score (nSPS) is 11.2. The van der Waals surface area contributed by atoms with E-state index in [1.54, 1.807) is 0 Å². The summed E-state index contributed by atoms with van der Waals surface area (Å²) in [5.74, 6) is 0. The molecule has 94 valence electrons. The van der Waals surface area contributed by atoms with Gasteiger partial charge in [-0.05, 0) is 43.4 Å². The third-order valence-electron chi connectivity index (χ3n) is 2.92. The highest BCUT2D eigenvalue weighted by Crippen LogP contribution is 2.28. The first-order chi connectivity index (χ1) is 8.90. The third kappa shape index (κ3) is 3.85. The molecule has 0 amide bonds. The maximum atomic E-state index is 2.30. The number of unbranched alkanes of at least 4 members (excludes halogenated alkanes) is 1. The van der Waals surface area contributed by atoms with Crippen LogP contribution in [-0.4, -0.2) is 0 Å². The summed E-state index contributed by atoms with van der Waals surface area (Å²) < 4.78 is 0. The molecular formula is C17H20S. The van der Waals surface area contributed by atoms with E-state index < -0.39 is 0 Å². The van der Waals surface area contributed by atoms with Crippen molar-refractivity contribution in [3.8, 4) is 10.4 Å². The highest BCUT2D eigenvalue weighted by Gasteiger charge is 2.01. The van der Waals surface area contributed by atoms with Crippen molar-refractivity contribution >= 4 is 11.3 Å². The van der Waals surface area contributed by atoms with Crippen molar-refractivity contribution in [2.24, 2.45) is 0 Å². The van der Waals surface area contributed by atoms with Crippen LogP contribution < -0.4 is 0 Å². The zero-order valence-corrected chi connectivity index (χ0v) is 11.7. The van der Waals surface area contributed by atoms with Crippen LogP contribution >= 0.6 is 11.3 Å². The Morgan fingerprint density at radius 1 is 1.00 bits per heavy atom. The Hall–Kier alpha value is -1.34. The Balaban J connectivity index is 1.89. The van der Waals surface area contributed by atoms with Crippen molar-refractivity contribution in [3.63, 3.8) is 0 Å². The van der Waals surface area contributed by atoms with E-state index >= 15 is 0 Å². The van der Waals surface area contributed by atoms with Gasteiger partial charge in [-0.2, -0.15) is 0 Å². The van der Waals surface area contributed by atoms with Crippen LogP contribution in [0, 0.1) is 0 Å². The van der Waals surface area contributed by atoms with Gasteiger partial charge in [-0.3, -0.25) is 0 Å². The molecule has 0 aliphatic carbocycles. The maximum Gasteiger partial charge on any atom is 0.0345 e. The summed E-state index contributed by atoms with van der Waals surface area (Å²) >= 11 is 1.93. The monoisotopic (exact) mass is 256 g/mol. The summed E-state index contributed by atoms with van der Waals surface area (Å²) in [6.07, 6.45) is 9.36. The summed E-state index contributed by atoms with van der Waals surface area (Å²) in [5, 5.41) is 0. The van der Waals surface area contributed by atoms with E-state index in [1.807, 2.05) is 11.3 Å². The van der Waals surface area contributed by atoms with Crippen LogP contribution in [-0.2, 0) is 6.42 Å². The lowest BCUT2D eigenvalue weighted by Gasteiger charge is -1.96. The van der Waals surface area contributed by atoms with E-state index in [4.69, 9.17) is 0 Å². The molecule has 2 rings (SSSR count). The van der Waals surface area contributed by atoms with E-state index in [0.717, 1.165) is 6.42 Å². The highest BCUT2D eigenvalue weighted by atomic mass is 32.1. The molecule has 1 aromatic carbocycles. The molecule has 0 radical (unpaired) electrons. The van der Waals surface area contributed by atoms with Crippen LogP contribution in [0.25, 0.3) is 10.4 Å². The average Bonchev–Trinajstić information content (AvgIpc) is 2.88. The molecule has 1 heterocycles. The molecule has 0 saturated heterocycles. The molecule has 0 atom stereocenters. The van der Waals surface area contributed by atoms with Crippen LogP contribution in [0.15, 0.2) is 54.6 Å². The second-order valence-corrected chi connectivity index (χ2v) is 5.57. The summed E-state index contributed by atoms with van der Waals surface area (Å²) in [6, 6.07) is 15.2. The number of hydrogen-bond acceptors (Lipinski definition) is 1. The van der Waals surface area contributed by atoms with Gasteiger partial charge >= 0.3 is 0 Å². The molecule has 0 nitrogen and oxygen atoms in total. The van der Waals surface area contributed by atoms with Crippen LogP contribution in [0.4, 0.5) is 0 Å². The second kappa shape index (κ2) is 7.17. The minimum absolute atomic E-state index is 1.15. The minimum atomic E-state index is 1.15. The summed E-state index contributed by atoms with van der Waals surface area (Å²) in [6.45, 7) is 2.18. The number of aryl methyl sites for hydroxylation is 1. The van der Waals surface area contributed by atoms with Crippen molar-refractivity contribution in [1.29, 1.82) is 0 Å². The number of benzene rings is 1. The number of allylic oxidation sites excluding steroid dienone is 2. The van der Waals surface area contributed by atoms with Gasteiger partial charge in [0.15, 0.2) is 0 Å². The van der Waals surface area contributed by atoms with Crippen molar-refractivity contribution < 1.29 is 0 Å². The summed E-state index contributed by atoms with van der Waals surface area (Å²) in [7, 11) is 0. The topological polar surface area (TPSA) is 0 Å². The Kier molecular flexibility index (Phi) is 5.22. The van der Waals surface area contributed by atoms with Gasteiger partial charge in [-0.1, -0.05) is 49.4 Å². The molecule has 0 fully saturated rings. The molecule has 0 N–H and O–H groups in total. The molecule has 1 heteroatoms. The molecule has 1 aromatic heterocycles. The van der Waals surface area contributed by atoms with Crippen molar-refractivity contribution in [2.75, 3.05) is 0 Å². The quantitative estimate of drug-likeness (QED) is 0.459. The Labute approximate surface area is 114 Å². The summed E-state index contributed by atoms with van der Waals surface area (Å²) in [5.41, 5.74) is 1.33. The summed E-state index contributed by atoms with van der Waals surface area (Å²) in [4.78, 5) is 2.88. The maximum absolute atomic E-state index is 2.30. The molecule has 0 saturated carbocycles. The van der Waals surface area contributed by atoms with E-state index in [9.17, 15) is 0 Å². The van der Waals surface area contributed by atoms with Gasteiger partial charge < -0.3 is 0 Å². The third-order valence-corrected chi connectivity index (χ3v) is 4.11. The van der Waals surface area contributed by atoms with Gasteiger partial charge in [0.1, 0.15) is 0 Å². The van der Waals surface area contributed by atoms with Gasteiger partial charge in [-0.25, -0.2) is 0 Å². The SMILES string of the molecule is CCC=CCCCc1ccc(-c2ccccc2)s1. The average molecular weight is 256 g/mol. The number of hydrogen-bond donors (Lipinski definition) is 0. The van der Waals surface area contributed by atoms with Crippen molar-refractivity contribution in [1.82, 2.24) is 0 Å².